The third-order valence-electron chi connectivity index (χ3n) is 0.945. The van der Waals surface area contributed by atoms with Crippen LogP contribution in [0.3, 0.4) is 0 Å². The van der Waals surface area contributed by atoms with Gasteiger partial charge >= 0.3 is 0 Å². The van der Waals surface area contributed by atoms with E-state index in [9.17, 15) is 0 Å². The number of hydrogen-bond donors (Lipinski definition) is 0. The summed E-state index contributed by atoms with van der Waals surface area (Å²) in [6.45, 7) is -3.58. The topological polar surface area (TPSA) is 12.9 Å². The lowest BCUT2D eigenvalue weighted by Crippen LogP contribution is -2.38. The normalized spacial score (nSPS) is 24.6. The number of aromatic nitrogens is 1. The fraction of sp³-hybridized carbons (Fsp3) is 0.500. The maximum Gasteiger partial charge on any atom is 0.102 e. The number of hydrogen-bond acceptors (Lipinski definition) is 2. The van der Waals surface area contributed by atoms with Gasteiger partial charge in [0, 0.05) is 18.9 Å². The van der Waals surface area contributed by atoms with Crippen LogP contribution >= 0.6 is 11.3 Å². The Balaban J connectivity index is 3.33. The van der Waals surface area contributed by atoms with Gasteiger partial charge in [-0.2, -0.15) is 0 Å². The molecule has 1 nitrogen and oxygen atoms in total. The Hall–Kier alpha value is -0.153. The first-order chi connectivity index (χ1) is 6.61. The van der Waals surface area contributed by atoms with Crippen LogP contribution in [0.25, 0.3) is 0 Å². The van der Waals surface area contributed by atoms with E-state index < -0.39 is 21.0 Å². The maximum atomic E-state index is 7.42. The number of nitrogens with zero attached hydrogens (tertiary/aromatic N) is 1. The second kappa shape index (κ2) is 2.23. The van der Waals surface area contributed by atoms with E-state index in [2.05, 4.69) is 4.98 Å². The average Bonchev–Trinajstić information content (AvgIpc) is 2.49. The van der Waals surface area contributed by atoms with Crippen LogP contribution in [0.5, 0.6) is 0 Å². The molecule has 0 spiro atoms. The Kier molecular flexibility index (Phi) is 0.612. The van der Waals surface area contributed by atoms with Crippen molar-refractivity contribution < 1.29 is 8.22 Å². The average molecular weight is 163 g/mol. The summed E-state index contributed by atoms with van der Waals surface area (Å²) < 4.78 is 44.5. The minimum absolute atomic E-state index is 0.243. The first kappa shape index (κ1) is 2.47. The molecule has 1 aromatic heterocycles. The Morgan fingerprint density at radius 1 is 1.78 bits per heavy atom. The highest BCUT2D eigenvalue weighted by atomic mass is 32.1. The molecule has 0 fully saturated rings. The summed E-state index contributed by atoms with van der Waals surface area (Å²) in [5.41, 5.74) is 1.47. The number of thiazole rings is 1. The minimum Gasteiger partial charge on any atom is -0.255 e. The first-order valence-corrected chi connectivity index (χ1v) is 5.93. The molecule has 0 unspecified atom stereocenters. The van der Waals surface area contributed by atoms with Crippen LogP contribution in [-0.2, 0) is 0 Å². The van der Waals surface area contributed by atoms with Crippen LogP contribution in [0.1, 0.15) is 8.22 Å². The quantitative estimate of drug-likeness (QED) is 0.574. The predicted molar refractivity (Wildman–Crippen MR) is 45.1 cm³/mol. The minimum atomic E-state index is -3.58. The summed E-state index contributed by atoms with van der Waals surface area (Å²) in [6.07, 6.45) is 0. The van der Waals surface area contributed by atoms with Gasteiger partial charge in [0.15, 0.2) is 0 Å². The van der Waals surface area contributed by atoms with Crippen molar-refractivity contribution >= 4 is 24.7 Å². The molecule has 9 heavy (non-hydrogen) atoms. The molecule has 0 aliphatic heterocycles. The van der Waals surface area contributed by atoms with Crippen molar-refractivity contribution in [2.45, 2.75) is 19.5 Å². The van der Waals surface area contributed by atoms with E-state index in [1.165, 1.54) is 28.8 Å². The molecular weight excluding hydrogens is 146 g/mol. The van der Waals surface area contributed by atoms with Gasteiger partial charge in [-0.15, -0.1) is 11.3 Å². The van der Waals surface area contributed by atoms with E-state index in [4.69, 9.17) is 8.22 Å². The first-order valence-electron chi connectivity index (χ1n) is 5.49. The van der Waals surface area contributed by atoms with Gasteiger partial charge in [-0.1, -0.05) is 19.5 Å². The lowest BCUT2D eigenvalue weighted by atomic mass is 11.0. The summed E-state index contributed by atoms with van der Waals surface area (Å²) in [4.78, 5) is 3.88. The molecule has 0 saturated carbocycles. The highest BCUT2D eigenvalue weighted by molar-refractivity contribution is 7.09. The molecule has 0 bridgehead atoms. The van der Waals surface area contributed by atoms with Gasteiger partial charge in [-0.25, -0.2) is 0 Å². The summed E-state index contributed by atoms with van der Waals surface area (Å²) in [5, 5.41) is 1.78. The molecule has 1 rings (SSSR count). The summed E-state index contributed by atoms with van der Waals surface area (Å²) in [5.74, 6) is 0. The molecule has 0 aliphatic rings. The van der Waals surface area contributed by atoms with Gasteiger partial charge < -0.3 is 0 Å². The Labute approximate surface area is 69.2 Å². The third kappa shape index (κ3) is 1.63. The van der Waals surface area contributed by atoms with Gasteiger partial charge in [0.25, 0.3) is 0 Å². The summed E-state index contributed by atoms with van der Waals surface area (Å²) in [6, 6.07) is 0. The smallest absolute Gasteiger partial charge is 0.102 e. The molecule has 0 amide bonds. The Morgan fingerprint density at radius 3 is 3.00 bits per heavy atom. The molecule has 0 radical (unpaired) electrons. The lowest BCUT2D eigenvalue weighted by Gasteiger charge is -2.10. The van der Waals surface area contributed by atoms with E-state index >= 15 is 0 Å². The van der Waals surface area contributed by atoms with Crippen LogP contribution in [0.4, 0.5) is 0 Å². The highest BCUT2D eigenvalue weighted by Crippen LogP contribution is 2.01. The maximum absolute atomic E-state index is 7.42. The molecule has 0 aromatic carbocycles. The van der Waals surface area contributed by atoms with Crippen LogP contribution < -0.4 is 5.32 Å². The van der Waals surface area contributed by atoms with E-state index in [1.807, 2.05) is 0 Å². The predicted octanol–water partition coefficient (Wildman–Crippen LogP) is 1.69. The second-order valence-electron chi connectivity index (χ2n) is 2.00. The van der Waals surface area contributed by atoms with Crippen molar-refractivity contribution in [1.82, 2.24) is 4.98 Å². The molecule has 0 N–H and O–H groups in total. The van der Waals surface area contributed by atoms with E-state index in [0.717, 1.165) is 0 Å². The molecule has 0 aliphatic carbocycles. The van der Waals surface area contributed by atoms with E-state index in [-0.39, 0.29) is 5.32 Å². The molecule has 3 heteroatoms. The zero-order valence-corrected chi connectivity index (χ0v) is 6.83. The standard InChI is InChI=1S/C6H11NSSi/c1-9(2,3)6-4-8-5-7-6/h4-5H,1-3H3/i1D3,2D3. The molecule has 0 atom stereocenters. The van der Waals surface area contributed by atoms with E-state index in [0.29, 0.717) is 0 Å². The molecule has 1 aromatic rings. The number of rotatable bonds is 1. The zero-order valence-electron chi connectivity index (χ0n) is 11.0. The van der Waals surface area contributed by atoms with Crippen molar-refractivity contribution in [1.29, 1.82) is 0 Å². The fourth-order valence-electron chi connectivity index (χ4n) is 0.459. The summed E-state index contributed by atoms with van der Waals surface area (Å²) in [7, 11) is -3.58. The molecule has 1 heterocycles. The van der Waals surface area contributed by atoms with Crippen LogP contribution in [-0.4, -0.2) is 13.1 Å². The van der Waals surface area contributed by atoms with E-state index in [1.54, 1.807) is 0 Å². The molecule has 50 valence electrons. The van der Waals surface area contributed by atoms with Crippen LogP contribution in [0.15, 0.2) is 10.9 Å². The van der Waals surface area contributed by atoms with Crippen molar-refractivity contribution in [3.8, 4) is 0 Å². The van der Waals surface area contributed by atoms with Crippen molar-refractivity contribution in [3.63, 3.8) is 0 Å². The third-order valence-corrected chi connectivity index (χ3v) is 3.04. The van der Waals surface area contributed by atoms with Crippen molar-refractivity contribution in [3.05, 3.63) is 10.9 Å². The van der Waals surface area contributed by atoms with Crippen molar-refractivity contribution in [2.24, 2.45) is 0 Å². The van der Waals surface area contributed by atoms with Gasteiger partial charge in [0.2, 0.25) is 0 Å². The van der Waals surface area contributed by atoms with Crippen LogP contribution in [0.2, 0.25) is 19.5 Å². The fourth-order valence-corrected chi connectivity index (χ4v) is 2.45. The molecular formula is C6H11NSSi. The van der Waals surface area contributed by atoms with Gasteiger partial charge in [-0.3, -0.25) is 4.98 Å². The zero-order chi connectivity index (χ0) is 11.9. The SMILES string of the molecule is [2H]C([2H])([2H])[Si](C)(c1cscn1)C([2H])([2H])[2H]. The largest absolute Gasteiger partial charge is 0.255 e. The summed E-state index contributed by atoms with van der Waals surface area (Å²) >= 11 is 1.22. The van der Waals surface area contributed by atoms with Crippen LogP contribution in [0, 0.1) is 0 Å². The highest BCUT2D eigenvalue weighted by Gasteiger charge is 2.17. The van der Waals surface area contributed by atoms with Gasteiger partial charge in [0.1, 0.15) is 8.07 Å². The van der Waals surface area contributed by atoms with Crippen molar-refractivity contribution in [2.75, 3.05) is 0 Å². The lowest BCUT2D eigenvalue weighted by molar-refractivity contribution is 1.45. The van der Waals surface area contributed by atoms with Gasteiger partial charge in [-0.05, 0) is 0 Å². The monoisotopic (exact) mass is 163 g/mol. The second-order valence-corrected chi connectivity index (χ2v) is 5.48. The van der Waals surface area contributed by atoms with Gasteiger partial charge in [0.05, 0.1) is 5.51 Å². The Bertz CT molecular complexity index is 314. The molecule has 0 saturated heterocycles. The Morgan fingerprint density at radius 2 is 2.56 bits per heavy atom.